The molecule has 1 saturated carbocycles. The molecule has 0 atom stereocenters. The summed E-state index contributed by atoms with van der Waals surface area (Å²) in [4.78, 5) is 0. The zero-order chi connectivity index (χ0) is 9.24. The summed E-state index contributed by atoms with van der Waals surface area (Å²) in [6.45, 7) is 0.0584. The largest absolute Gasteiger partial charge is 0.395 e. The Morgan fingerprint density at radius 2 is 1.92 bits per heavy atom. The fourth-order valence-electron chi connectivity index (χ4n) is 1.12. The van der Waals surface area contributed by atoms with Gasteiger partial charge in [-0.25, -0.2) is 0 Å². The zero-order valence-corrected chi connectivity index (χ0v) is 6.62. The Morgan fingerprint density at radius 3 is 2.25 bits per heavy atom. The highest BCUT2D eigenvalue weighted by molar-refractivity contribution is 5.00. The molecule has 0 bridgehead atoms. The lowest BCUT2D eigenvalue weighted by Gasteiger charge is -2.19. The molecule has 72 valence electrons. The first-order chi connectivity index (χ1) is 5.52. The minimum atomic E-state index is -4.09. The van der Waals surface area contributed by atoms with E-state index in [0.717, 1.165) is 0 Å². The summed E-state index contributed by atoms with van der Waals surface area (Å²) >= 11 is 0. The van der Waals surface area contributed by atoms with Crippen LogP contribution in [0, 0.1) is 5.41 Å². The van der Waals surface area contributed by atoms with Crippen molar-refractivity contribution in [1.82, 2.24) is 5.32 Å². The van der Waals surface area contributed by atoms with Crippen molar-refractivity contribution in [3.63, 3.8) is 0 Å². The van der Waals surface area contributed by atoms with Gasteiger partial charge in [-0.3, -0.25) is 0 Å². The molecule has 0 saturated heterocycles. The maximum absolute atomic E-state index is 12.2. The molecular formula is C7H12F3NO. The third kappa shape index (κ3) is 1.90. The van der Waals surface area contributed by atoms with E-state index in [1.165, 1.54) is 0 Å². The van der Waals surface area contributed by atoms with Crippen molar-refractivity contribution in [2.24, 2.45) is 5.41 Å². The molecule has 12 heavy (non-hydrogen) atoms. The van der Waals surface area contributed by atoms with Crippen LogP contribution < -0.4 is 5.32 Å². The molecule has 0 aromatic rings. The first-order valence-electron chi connectivity index (χ1n) is 3.90. The van der Waals surface area contributed by atoms with Crippen molar-refractivity contribution in [3.8, 4) is 0 Å². The summed E-state index contributed by atoms with van der Waals surface area (Å²) < 4.78 is 36.7. The Morgan fingerprint density at radius 1 is 1.33 bits per heavy atom. The molecule has 1 fully saturated rings. The van der Waals surface area contributed by atoms with Crippen LogP contribution in [0.15, 0.2) is 0 Å². The van der Waals surface area contributed by atoms with Crippen molar-refractivity contribution in [3.05, 3.63) is 0 Å². The van der Waals surface area contributed by atoms with E-state index in [2.05, 4.69) is 5.32 Å². The molecule has 0 spiro atoms. The molecule has 1 aliphatic rings. The van der Waals surface area contributed by atoms with Gasteiger partial charge >= 0.3 is 6.18 Å². The minimum Gasteiger partial charge on any atom is -0.395 e. The van der Waals surface area contributed by atoms with Gasteiger partial charge in [0, 0.05) is 13.1 Å². The highest BCUT2D eigenvalue weighted by atomic mass is 19.4. The maximum atomic E-state index is 12.2. The zero-order valence-electron chi connectivity index (χ0n) is 6.62. The van der Waals surface area contributed by atoms with Crippen LogP contribution in [-0.4, -0.2) is 31.0 Å². The molecule has 0 aromatic heterocycles. The fourth-order valence-corrected chi connectivity index (χ4v) is 1.12. The predicted molar refractivity (Wildman–Crippen MR) is 37.7 cm³/mol. The van der Waals surface area contributed by atoms with E-state index in [4.69, 9.17) is 5.11 Å². The van der Waals surface area contributed by atoms with Crippen molar-refractivity contribution in [1.29, 1.82) is 0 Å². The number of aliphatic hydroxyl groups excluding tert-OH is 1. The van der Waals surface area contributed by atoms with Crippen LogP contribution in [0.3, 0.4) is 0 Å². The molecule has 0 radical (unpaired) electrons. The van der Waals surface area contributed by atoms with Gasteiger partial charge in [-0.05, 0) is 12.8 Å². The van der Waals surface area contributed by atoms with E-state index in [-0.39, 0.29) is 32.5 Å². The van der Waals surface area contributed by atoms with E-state index < -0.39 is 11.6 Å². The average molecular weight is 183 g/mol. The molecule has 2 N–H and O–H groups in total. The Kier molecular flexibility index (Phi) is 2.63. The number of hydrogen-bond donors (Lipinski definition) is 2. The summed E-state index contributed by atoms with van der Waals surface area (Å²) in [5, 5.41) is 10.9. The Hall–Kier alpha value is -0.290. The van der Waals surface area contributed by atoms with Gasteiger partial charge in [-0.1, -0.05) is 0 Å². The number of halogens is 3. The quantitative estimate of drug-likeness (QED) is 0.635. The standard InChI is InChI=1S/C7H12F3NO/c8-7(9,10)6(1-2-6)5-11-3-4-12/h11-12H,1-5H2. The lowest BCUT2D eigenvalue weighted by Crippen LogP contribution is -2.36. The lowest BCUT2D eigenvalue weighted by atomic mass is 10.1. The van der Waals surface area contributed by atoms with E-state index in [1.54, 1.807) is 0 Å². The maximum Gasteiger partial charge on any atom is 0.395 e. The van der Waals surface area contributed by atoms with E-state index in [9.17, 15) is 13.2 Å². The number of alkyl halides is 3. The molecule has 0 heterocycles. The minimum absolute atomic E-state index is 0.0585. The summed E-state index contributed by atoms with van der Waals surface area (Å²) in [7, 11) is 0. The SMILES string of the molecule is OCCNCC1(C(F)(F)F)CC1. The van der Waals surface area contributed by atoms with Crippen LogP contribution in [0.25, 0.3) is 0 Å². The molecule has 1 rings (SSSR count). The molecule has 2 nitrogen and oxygen atoms in total. The third-order valence-corrected chi connectivity index (χ3v) is 2.21. The van der Waals surface area contributed by atoms with Gasteiger partial charge in [-0.15, -0.1) is 0 Å². The predicted octanol–water partition coefficient (Wildman–Crippen LogP) is 0.911. The van der Waals surface area contributed by atoms with Gasteiger partial charge in [0.05, 0.1) is 12.0 Å². The van der Waals surface area contributed by atoms with Gasteiger partial charge in [0.1, 0.15) is 0 Å². The summed E-state index contributed by atoms with van der Waals surface area (Å²) in [5.41, 5.74) is -1.48. The van der Waals surface area contributed by atoms with E-state index >= 15 is 0 Å². The van der Waals surface area contributed by atoms with Crippen LogP contribution in [0.1, 0.15) is 12.8 Å². The molecule has 0 amide bonds. The van der Waals surface area contributed by atoms with Crippen LogP contribution in [0.2, 0.25) is 0 Å². The third-order valence-electron chi connectivity index (χ3n) is 2.21. The van der Waals surface area contributed by atoms with E-state index in [0.29, 0.717) is 0 Å². The molecule has 0 unspecified atom stereocenters. The fraction of sp³-hybridized carbons (Fsp3) is 1.00. The number of hydrogen-bond acceptors (Lipinski definition) is 2. The van der Waals surface area contributed by atoms with Crippen LogP contribution in [-0.2, 0) is 0 Å². The second kappa shape index (κ2) is 3.22. The summed E-state index contributed by atoms with van der Waals surface area (Å²) in [6, 6.07) is 0. The highest BCUT2D eigenvalue weighted by Gasteiger charge is 2.62. The van der Waals surface area contributed by atoms with Gasteiger partial charge in [-0.2, -0.15) is 13.2 Å². The van der Waals surface area contributed by atoms with Gasteiger partial charge in [0.2, 0.25) is 0 Å². The molecule has 1 aliphatic carbocycles. The van der Waals surface area contributed by atoms with Crippen molar-refractivity contribution in [2.45, 2.75) is 19.0 Å². The molecular weight excluding hydrogens is 171 g/mol. The number of aliphatic hydroxyl groups is 1. The number of nitrogens with one attached hydrogen (secondary N) is 1. The van der Waals surface area contributed by atoms with Crippen molar-refractivity contribution < 1.29 is 18.3 Å². The van der Waals surface area contributed by atoms with Gasteiger partial charge < -0.3 is 10.4 Å². The first-order valence-corrected chi connectivity index (χ1v) is 3.90. The Bertz CT molecular complexity index is 153. The van der Waals surface area contributed by atoms with Crippen LogP contribution >= 0.6 is 0 Å². The van der Waals surface area contributed by atoms with Crippen molar-refractivity contribution >= 4 is 0 Å². The first kappa shape index (κ1) is 9.80. The smallest absolute Gasteiger partial charge is 0.395 e. The van der Waals surface area contributed by atoms with Gasteiger partial charge in [0.15, 0.2) is 0 Å². The Balaban J connectivity index is 2.30. The number of rotatable bonds is 4. The van der Waals surface area contributed by atoms with Crippen LogP contribution in [0.5, 0.6) is 0 Å². The second-order valence-electron chi connectivity index (χ2n) is 3.18. The van der Waals surface area contributed by atoms with Crippen LogP contribution in [0.4, 0.5) is 13.2 Å². The lowest BCUT2D eigenvalue weighted by molar-refractivity contribution is -0.185. The monoisotopic (exact) mass is 183 g/mol. The molecule has 5 heteroatoms. The average Bonchev–Trinajstić information content (AvgIpc) is 2.67. The second-order valence-corrected chi connectivity index (χ2v) is 3.18. The van der Waals surface area contributed by atoms with Gasteiger partial charge in [0.25, 0.3) is 0 Å². The molecule has 0 aromatic carbocycles. The molecule has 0 aliphatic heterocycles. The Labute approximate surface area is 68.8 Å². The summed E-state index contributed by atoms with van der Waals surface area (Å²) in [6.07, 6.45) is -3.65. The summed E-state index contributed by atoms with van der Waals surface area (Å²) in [5.74, 6) is 0. The normalized spacial score (nSPS) is 21.0. The van der Waals surface area contributed by atoms with E-state index in [1.807, 2.05) is 0 Å². The highest BCUT2D eigenvalue weighted by Crippen LogP contribution is 2.56. The van der Waals surface area contributed by atoms with Crippen molar-refractivity contribution in [2.75, 3.05) is 19.7 Å². The topological polar surface area (TPSA) is 32.3 Å².